The average Bonchev–Trinajstić information content (AvgIpc) is 3.01. The Balaban J connectivity index is 1.85. The molecule has 2 aromatic rings. The van der Waals surface area contributed by atoms with Crippen molar-refractivity contribution in [2.45, 2.75) is 26.4 Å². The maximum absolute atomic E-state index is 12.6. The predicted octanol–water partition coefficient (Wildman–Crippen LogP) is 0.177. The van der Waals surface area contributed by atoms with Gasteiger partial charge in [-0.05, 0) is 18.6 Å². The van der Waals surface area contributed by atoms with E-state index in [2.05, 4.69) is 20.6 Å². The third kappa shape index (κ3) is 2.57. The Morgan fingerprint density at radius 2 is 2.29 bits per heavy atom. The molecule has 21 heavy (non-hydrogen) atoms. The lowest BCUT2D eigenvalue weighted by molar-refractivity contribution is 0.0707. The second-order valence-electron chi connectivity index (χ2n) is 4.90. The number of aromatic nitrogens is 4. The van der Waals surface area contributed by atoms with Gasteiger partial charge in [0.05, 0.1) is 6.54 Å². The van der Waals surface area contributed by atoms with Crippen LogP contribution < -0.4 is 11.3 Å². The molecule has 0 bridgehead atoms. The predicted molar refractivity (Wildman–Crippen MR) is 76.2 cm³/mol. The molecule has 1 aliphatic heterocycles. The first kappa shape index (κ1) is 13.5. The number of nitrogens with one attached hydrogen (secondary N) is 1. The van der Waals surface area contributed by atoms with Gasteiger partial charge in [-0.25, -0.2) is 10.8 Å². The number of aryl methyl sites for hydroxylation is 1. The first-order valence-electron chi connectivity index (χ1n) is 6.84. The highest BCUT2D eigenvalue weighted by Crippen LogP contribution is 2.16. The lowest BCUT2D eigenvalue weighted by Gasteiger charge is -2.27. The van der Waals surface area contributed by atoms with E-state index in [0.717, 1.165) is 17.9 Å². The largest absolute Gasteiger partial charge is 0.329 e. The second kappa shape index (κ2) is 5.49. The summed E-state index contributed by atoms with van der Waals surface area (Å²) >= 11 is 0. The van der Waals surface area contributed by atoms with Crippen LogP contribution in [0.5, 0.6) is 0 Å². The molecule has 0 aliphatic carbocycles. The Bertz CT molecular complexity index is 644. The van der Waals surface area contributed by atoms with Crippen molar-refractivity contribution in [3.8, 4) is 0 Å². The van der Waals surface area contributed by atoms with Gasteiger partial charge in [-0.3, -0.25) is 4.79 Å². The van der Waals surface area contributed by atoms with Gasteiger partial charge in [-0.15, -0.1) is 10.2 Å². The van der Waals surface area contributed by atoms with Gasteiger partial charge >= 0.3 is 0 Å². The van der Waals surface area contributed by atoms with E-state index in [0.29, 0.717) is 31.0 Å². The third-order valence-corrected chi connectivity index (χ3v) is 3.56. The summed E-state index contributed by atoms with van der Waals surface area (Å²) in [7, 11) is 0. The number of hydrogen-bond acceptors (Lipinski definition) is 6. The summed E-state index contributed by atoms with van der Waals surface area (Å²) in [5, 5.41) is 7.89. The van der Waals surface area contributed by atoms with E-state index < -0.39 is 0 Å². The quantitative estimate of drug-likeness (QED) is 0.616. The number of nitrogens with two attached hydrogens (primary N) is 1. The Morgan fingerprint density at radius 1 is 1.43 bits per heavy atom. The molecule has 0 fully saturated rings. The van der Waals surface area contributed by atoms with Crippen LogP contribution in [-0.2, 0) is 19.5 Å². The van der Waals surface area contributed by atoms with Crippen molar-refractivity contribution in [2.75, 3.05) is 12.0 Å². The highest BCUT2D eigenvalue weighted by atomic mass is 16.2. The van der Waals surface area contributed by atoms with E-state index in [4.69, 9.17) is 5.84 Å². The fourth-order valence-corrected chi connectivity index (χ4v) is 2.39. The number of nitrogen functional groups attached to an aromatic ring is 1. The number of hydrogen-bond donors (Lipinski definition) is 2. The summed E-state index contributed by atoms with van der Waals surface area (Å²) in [5.74, 6) is 6.67. The lowest BCUT2D eigenvalue weighted by Crippen LogP contribution is -2.38. The number of fused-ring (bicyclic) bond motifs is 1. The van der Waals surface area contributed by atoms with Crippen LogP contribution in [0.2, 0.25) is 0 Å². The highest BCUT2D eigenvalue weighted by Gasteiger charge is 2.23. The van der Waals surface area contributed by atoms with Crippen LogP contribution in [-0.4, -0.2) is 37.1 Å². The second-order valence-corrected chi connectivity index (χ2v) is 4.90. The number of carbonyl (C=O) groups excluding carboxylic acids is 1. The summed E-state index contributed by atoms with van der Waals surface area (Å²) in [6.45, 7) is 3.80. The minimum atomic E-state index is -0.0437. The van der Waals surface area contributed by atoms with Crippen LogP contribution in [0, 0.1) is 0 Å². The van der Waals surface area contributed by atoms with Gasteiger partial charge in [0.25, 0.3) is 5.91 Å². The van der Waals surface area contributed by atoms with Crippen LogP contribution in [0.4, 0.5) is 5.82 Å². The van der Waals surface area contributed by atoms with Crippen LogP contribution in [0.25, 0.3) is 0 Å². The molecule has 110 valence electrons. The van der Waals surface area contributed by atoms with Crippen molar-refractivity contribution in [1.29, 1.82) is 0 Å². The normalized spacial score (nSPS) is 13.9. The number of rotatable bonds is 3. The molecule has 0 saturated carbocycles. The van der Waals surface area contributed by atoms with E-state index in [1.807, 2.05) is 17.6 Å². The Morgan fingerprint density at radius 3 is 3.05 bits per heavy atom. The van der Waals surface area contributed by atoms with Crippen molar-refractivity contribution in [3.63, 3.8) is 0 Å². The van der Waals surface area contributed by atoms with Gasteiger partial charge < -0.3 is 14.9 Å². The first-order chi connectivity index (χ1) is 10.2. The lowest BCUT2D eigenvalue weighted by atomic mass is 10.1. The van der Waals surface area contributed by atoms with E-state index in [1.54, 1.807) is 17.3 Å². The van der Waals surface area contributed by atoms with Gasteiger partial charge in [0.15, 0.2) is 5.82 Å². The van der Waals surface area contributed by atoms with Gasteiger partial charge in [-0.1, -0.05) is 6.92 Å². The van der Waals surface area contributed by atoms with Gasteiger partial charge in [0.2, 0.25) is 0 Å². The maximum atomic E-state index is 12.6. The minimum Gasteiger partial charge on any atom is -0.329 e. The van der Waals surface area contributed by atoms with Crippen LogP contribution >= 0.6 is 0 Å². The molecule has 3 N–H and O–H groups in total. The van der Waals surface area contributed by atoms with Gasteiger partial charge in [-0.2, -0.15) is 0 Å². The van der Waals surface area contributed by atoms with Crippen molar-refractivity contribution in [2.24, 2.45) is 5.84 Å². The zero-order valence-electron chi connectivity index (χ0n) is 11.8. The SMILES string of the molecule is CCc1cc(C(=O)N2CCn3cnnc3C2)cc(NN)n1. The average molecular weight is 287 g/mol. The molecule has 0 radical (unpaired) electrons. The molecule has 3 rings (SSSR count). The fourth-order valence-electron chi connectivity index (χ4n) is 2.39. The molecular weight excluding hydrogens is 270 g/mol. The maximum Gasteiger partial charge on any atom is 0.254 e. The third-order valence-electron chi connectivity index (χ3n) is 3.56. The number of nitrogens with zero attached hydrogens (tertiary/aromatic N) is 5. The minimum absolute atomic E-state index is 0.0437. The monoisotopic (exact) mass is 287 g/mol. The molecule has 3 heterocycles. The standard InChI is InChI=1S/C13H17N7O/c1-2-10-5-9(6-11(16-10)17-14)13(21)19-3-4-20-8-15-18-12(20)7-19/h5-6,8H,2-4,7,14H2,1H3,(H,16,17). The van der Waals surface area contributed by atoms with Crippen LogP contribution in [0.3, 0.4) is 0 Å². The summed E-state index contributed by atoms with van der Waals surface area (Å²) in [5.41, 5.74) is 3.92. The van der Waals surface area contributed by atoms with E-state index in [1.165, 1.54) is 0 Å². The smallest absolute Gasteiger partial charge is 0.254 e. The molecule has 1 amide bonds. The molecule has 0 spiro atoms. The molecule has 0 unspecified atom stereocenters. The van der Waals surface area contributed by atoms with Crippen molar-refractivity contribution in [1.82, 2.24) is 24.6 Å². The molecular formula is C13H17N7O. The summed E-state index contributed by atoms with van der Waals surface area (Å²) in [6, 6.07) is 3.48. The zero-order valence-corrected chi connectivity index (χ0v) is 11.8. The van der Waals surface area contributed by atoms with Crippen molar-refractivity contribution >= 4 is 11.7 Å². The van der Waals surface area contributed by atoms with E-state index in [9.17, 15) is 4.79 Å². The van der Waals surface area contributed by atoms with Crippen molar-refractivity contribution in [3.05, 3.63) is 35.5 Å². The molecule has 8 nitrogen and oxygen atoms in total. The summed E-state index contributed by atoms with van der Waals surface area (Å²) < 4.78 is 1.96. The van der Waals surface area contributed by atoms with E-state index >= 15 is 0 Å². The fraction of sp³-hybridized carbons (Fsp3) is 0.385. The molecule has 1 aliphatic rings. The molecule has 8 heteroatoms. The van der Waals surface area contributed by atoms with Crippen LogP contribution in [0.1, 0.15) is 28.8 Å². The number of anilines is 1. The molecule has 0 saturated heterocycles. The molecule has 0 atom stereocenters. The number of pyridine rings is 1. The Labute approximate surface area is 122 Å². The number of hydrazine groups is 1. The topological polar surface area (TPSA) is 102 Å². The van der Waals surface area contributed by atoms with Gasteiger partial charge in [0, 0.05) is 24.3 Å². The summed E-state index contributed by atoms with van der Waals surface area (Å²) in [4.78, 5) is 18.7. The number of carbonyl (C=O) groups is 1. The Kier molecular flexibility index (Phi) is 3.53. The van der Waals surface area contributed by atoms with Crippen LogP contribution in [0.15, 0.2) is 18.5 Å². The summed E-state index contributed by atoms with van der Waals surface area (Å²) in [6.07, 6.45) is 2.43. The van der Waals surface area contributed by atoms with Crippen molar-refractivity contribution < 1.29 is 4.79 Å². The Hall–Kier alpha value is -2.48. The molecule has 2 aromatic heterocycles. The zero-order chi connectivity index (χ0) is 14.8. The highest BCUT2D eigenvalue weighted by molar-refractivity contribution is 5.95. The van der Waals surface area contributed by atoms with Gasteiger partial charge in [0.1, 0.15) is 12.1 Å². The van der Waals surface area contributed by atoms with E-state index in [-0.39, 0.29) is 5.91 Å². The first-order valence-corrected chi connectivity index (χ1v) is 6.84. The number of amides is 1. The molecule has 0 aromatic carbocycles.